The molecule has 0 radical (unpaired) electrons. The Hall–Kier alpha value is -3.22. The van der Waals surface area contributed by atoms with E-state index in [4.69, 9.17) is 0 Å². The van der Waals surface area contributed by atoms with Crippen LogP contribution in [0.2, 0.25) is 0 Å². The molecule has 1 aliphatic heterocycles. The summed E-state index contributed by atoms with van der Waals surface area (Å²) < 4.78 is 16.8. The molecule has 0 saturated heterocycles. The number of nitrogens with zero attached hydrogens (tertiary/aromatic N) is 3. The van der Waals surface area contributed by atoms with Crippen molar-refractivity contribution in [2.75, 3.05) is 11.4 Å². The van der Waals surface area contributed by atoms with Crippen molar-refractivity contribution in [2.24, 2.45) is 0 Å². The van der Waals surface area contributed by atoms with E-state index in [-0.39, 0.29) is 17.0 Å². The second kappa shape index (κ2) is 6.15. The van der Waals surface area contributed by atoms with Gasteiger partial charge in [0, 0.05) is 49.0 Å². The molecule has 2 aliphatic rings. The number of hydrogen-bond acceptors (Lipinski definition) is 4. The van der Waals surface area contributed by atoms with Crippen LogP contribution in [0.3, 0.4) is 0 Å². The highest BCUT2D eigenvalue weighted by Crippen LogP contribution is 2.38. The fraction of sp³-hybridized carbons (Fsp3) is 0.286. The molecule has 0 spiro atoms. The summed E-state index contributed by atoms with van der Waals surface area (Å²) in [7, 11) is 0. The number of pyridine rings is 2. The van der Waals surface area contributed by atoms with E-state index < -0.39 is 17.2 Å². The summed E-state index contributed by atoms with van der Waals surface area (Å²) in [4.78, 5) is 30.4. The van der Waals surface area contributed by atoms with Crippen LogP contribution in [0.5, 0.6) is 0 Å². The number of aromatic carboxylic acids is 1. The van der Waals surface area contributed by atoms with Crippen molar-refractivity contribution in [3.8, 4) is 0 Å². The molecule has 2 aromatic heterocycles. The number of fused-ring (bicyclic) bond motifs is 2. The molecule has 6 nitrogen and oxygen atoms in total. The standard InChI is InChI=1S/C21H18FN3O3/c22-16-8-14-18(25(13-3-4-13)11-15(20(14)26)21(27)28)9-19(16)24-7-5-17-12(10-24)2-1-6-23-17/h1-2,6,8-9,11,13H,3-5,7,10H2,(H,27,28). The van der Waals surface area contributed by atoms with Crippen molar-refractivity contribution in [1.82, 2.24) is 9.55 Å². The van der Waals surface area contributed by atoms with Crippen LogP contribution in [0.25, 0.3) is 10.9 Å². The number of rotatable bonds is 3. The molecule has 1 aromatic carbocycles. The summed E-state index contributed by atoms with van der Waals surface area (Å²) in [5, 5.41) is 9.47. The summed E-state index contributed by atoms with van der Waals surface area (Å²) in [5.74, 6) is -1.80. The molecule has 3 aromatic rings. The quantitative estimate of drug-likeness (QED) is 0.757. The van der Waals surface area contributed by atoms with Crippen LogP contribution in [-0.2, 0) is 13.0 Å². The van der Waals surface area contributed by atoms with Gasteiger partial charge >= 0.3 is 5.97 Å². The highest BCUT2D eigenvalue weighted by Gasteiger charge is 2.28. The number of carboxylic acid groups (broad SMARTS) is 1. The molecule has 1 aliphatic carbocycles. The second-order valence-corrected chi connectivity index (χ2v) is 7.42. The Morgan fingerprint density at radius 2 is 2.11 bits per heavy atom. The van der Waals surface area contributed by atoms with Crippen LogP contribution in [-0.4, -0.2) is 27.2 Å². The van der Waals surface area contributed by atoms with Gasteiger partial charge in [0.15, 0.2) is 0 Å². The summed E-state index contributed by atoms with van der Waals surface area (Å²) in [6, 6.07) is 6.91. The van der Waals surface area contributed by atoms with Gasteiger partial charge in [-0.2, -0.15) is 0 Å². The van der Waals surface area contributed by atoms with Gasteiger partial charge in [0.2, 0.25) is 5.43 Å². The molecule has 0 unspecified atom stereocenters. The maximum Gasteiger partial charge on any atom is 0.341 e. The summed E-state index contributed by atoms with van der Waals surface area (Å²) >= 11 is 0. The van der Waals surface area contributed by atoms with Gasteiger partial charge in [0.1, 0.15) is 11.4 Å². The van der Waals surface area contributed by atoms with Crippen LogP contribution in [0.15, 0.2) is 41.5 Å². The Kier molecular flexibility index (Phi) is 3.72. The number of aromatic nitrogens is 2. The predicted octanol–water partition coefficient (Wildman–Crippen LogP) is 3.13. The van der Waals surface area contributed by atoms with E-state index in [0.717, 1.165) is 30.5 Å². The van der Waals surface area contributed by atoms with Crippen LogP contribution < -0.4 is 10.3 Å². The topological polar surface area (TPSA) is 75.4 Å². The van der Waals surface area contributed by atoms with Gasteiger partial charge in [-0.05, 0) is 36.6 Å². The number of carboxylic acids is 1. The molecule has 3 heterocycles. The van der Waals surface area contributed by atoms with E-state index in [9.17, 15) is 19.1 Å². The van der Waals surface area contributed by atoms with E-state index in [2.05, 4.69) is 4.98 Å². The van der Waals surface area contributed by atoms with Gasteiger partial charge in [-0.3, -0.25) is 9.78 Å². The fourth-order valence-electron chi connectivity index (χ4n) is 3.98. The van der Waals surface area contributed by atoms with Gasteiger partial charge in [0.05, 0.1) is 11.2 Å². The van der Waals surface area contributed by atoms with Crippen LogP contribution in [0.4, 0.5) is 10.1 Å². The van der Waals surface area contributed by atoms with E-state index in [1.54, 1.807) is 12.3 Å². The molecule has 1 saturated carbocycles. The lowest BCUT2D eigenvalue weighted by molar-refractivity contribution is 0.0695. The zero-order valence-electron chi connectivity index (χ0n) is 15.1. The van der Waals surface area contributed by atoms with E-state index in [0.29, 0.717) is 24.3 Å². The smallest absolute Gasteiger partial charge is 0.341 e. The number of carbonyl (C=O) groups is 1. The molecular formula is C21H18FN3O3. The third kappa shape index (κ3) is 2.66. The predicted molar refractivity (Wildman–Crippen MR) is 102 cm³/mol. The molecule has 1 N–H and O–H groups in total. The first kappa shape index (κ1) is 16.9. The minimum atomic E-state index is -1.29. The molecule has 1 fully saturated rings. The fourth-order valence-corrected chi connectivity index (χ4v) is 3.98. The molecule has 0 bridgehead atoms. The Balaban J connectivity index is 1.67. The van der Waals surface area contributed by atoms with Gasteiger partial charge in [-0.15, -0.1) is 0 Å². The van der Waals surface area contributed by atoms with Crippen molar-refractivity contribution in [2.45, 2.75) is 31.8 Å². The maximum atomic E-state index is 15.0. The molecule has 28 heavy (non-hydrogen) atoms. The first-order valence-electron chi connectivity index (χ1n) is 9.32. The maximum absolute atomic E-state index is 15.0. The number of benzene rings is 1. The molecule has 142 valence electrons. The van der Waals surface area contributed by atoms with Crippen molar-refractivity contribution >= 4 is 22.6 Å². The van der Waals surface area contributed by atoms with Crippen LogP contribution in [0, 0.1) is 5.82 Å². The van der Waals surface area contributed by atoms with Crippen molar-refractivity contribution in [3.05, 3.63) is 69.5 Å². The zero-order valence-corrected chi connectivity index (χ0v) is 15.1. The SMILES string of the molecule is O=C(O)c1cn(C2CC2)c2cc(N3CCc4ncccc4C3)c(F)cc2c1=O. The molecule has 0 atom stereocenters. The Bertz CT molecular complexity index is 1180. The minimum Gasteiger partial charge on any atom is -0.477 e. The molecule has 7 heteroatoms. The van der Waals surface area contributed by atoms with Crippen LogP contribution >= 0.6 is 0 Å². The highest BCUT2D eigenvalue weighted by molar-refractivity contribution is 5.93. The lowest BCUT2D eigenvalue weighted by atomic mass is 10.0. The summed E-state index contributed by atoms with van der Waals surface area (Å²) in [5.41, 5.74) is 2.15. The second-order valence-electron chi connectivity index (χ2n) is 7.42. The molecule has 5 rings (SSSR count). The Morgan fingerprint density at radius 3 is 2.86 bits per heavy atom. The first-order valence-corrected chi connectivity index (χ1v) is 9.32. The summed E-state index contributed by atoms with van der Waals surface area (Å²) in [6.07, 6.45) is 5.74. The van der Waals surface area contributed by atoms with Gasteiger partial charge in [-0.1, -0.05) is 6.07 Å². The number of anilines is 1. The van der Waals surface area contributed by atoms with E-state index >= 15 is 0 Å². The van der Waals surface area contributed by atoms with E-state index in [1.165, 1.54) is 12.3 Å². The van der Waals surface area contributed by atoms with Crippen molar-refractivity contribution in [1.29, 1.82) is 0 Å². The average molecular weight is 379 g/mol. The normalized spacial score (nSPS) is 16.2. The third-order valence-electron chi connectivity index (χ3n) is 5.58. The number of hydrogen-bond donors (Lipinski definition) is 1. The lowest BCUT2D eigenvalue weighted by Gasteiger charge is -2.30. The zero-order chi connectivity index (χ0) is 19.4. The van der Waals surface area contributed by atoms with Crippen LogP contribution in [0.1, 0.15) is 40.5 Å². The number of halogens is 1. The monoisotopic (exact) mass is 379 g/mol. The van der Waals surface area contributed by atoms with Crippen molar-refractivity contribution < 1.29 is 14.3 Å². The lowest BCUT2D eigenvalue weighted by Crippen LogP contribution is -2.31. The average Bonchev–Trinajstić information content (AvgIpc) is 3.53. The molecule has 0 amide bonds. The summed E-state index contributed by atoms with van der Waals surface area (Å²) in [6.45, 7) is 1.18. The Labute approximate surface area is 159 Å². The minimum absolute atomic E-state index is 0.118. The van der Waals surface area contributed by atoms with Crippen molar-refractivity contribution in [3.63, 3.8) is 0 Å². The van der Waals surface area contributed by atoms with Gasteiger partial charge in [0.25, 0.3) is 0 Å². The third-order valence-corrected chi connectivity index (χ3v) is 5.58. The van der Waals surface area contributed by atoms with Gasteiger partial charge in [-0.25, -0.2) is 9.18 Å². The first-order chi connectivity index (χ1) is 13.5. The molecular weight excluding hydrogens is 361 g/mol. The largest absolute Gasteiger partial charge is 0.477 e. The van der Waals surface area contributed by atoms with Gasteiger partial charge < -0.3 is 14.6 Å². The van der Waals surface area contributed by atoms with E-state index in [1.807, 2.05) is 21.6 Å². The highest BCUT2D eigenvalue weighted by atomic mass is 19.1. The Morgan fingerprint density at radius 1 is 1.29 bits per heavy atom.